The molecule has 4 nitrogen and oxygen atoms in total. The molecule has 0 amide bonds. The quantitative estimate of drug-likeness (QED) is 0.679. The molecular formula is C17H19ClN4S. The van der Waals surface area contributed by atoms with Crippen LogP contribution in [0.25, 0.3) is 11.6 Å². The van der Waals surface area contributed by atoms with Crippen molar-refractivity contribution < 1.29 is 0 Å². The van der Waals surface area contributed by atoms with Crippen LogP contribution in [0.3, 0.4) is 0 Å². The van der Waals surface area contributed by atoms with Crippen LogP contribution < -0.4 is 5.32 Å². The Morgan fingerprint density at radius 3 is 3.00 bits per heavy atom. The Balaban J connectivity index is 2.05. The third-order valence-electron chi connectivity index (χ3n) is 3.58. The number of rotatable bonds is 6. The molecule has 0 bridgehead atoms. The van der Waals surface area contributed by atoms with Crippen LogP contribution in [0.1, 0.15) is 36.4 Å². The van der Waals surface area contributed by atoms with E-state index in [9.17, 15) is 0 Å². The highest BCUT2D eigenvalue weighted by Gasteiger charge is 2.14. The number of halogens is 1. The fourth-order valence-corrected chi connectivity index (χ4v) is 3.42. The molecule has 0 radical (unpaired) electrons. The van der Waals surface area contributed by atoms with Crippen LogP contribution >= 0.6 is 22.9 Å². The first kappa shape index (κ1) is 16.0. The van der Waals surface area contributed by atoms with Gasteiger partial charge in [0.05, 0.1) is 12.2 Å². The van der Waals surface area contributed by atoms with E-state index in [0.717, 1.165) is 36.4 Å². The van der Waals surface area contributed by atoms with Gasteiger partial charge < -0.3 is 5.32 Å². The van der Waals surface area contributed by atoms with Crippen molar-refractivity contribution in [1.82, 2.24) is 14.6 Å². The van der Waals surface area contributed by atoms with Gasteiger partial charge in [0.15, 0.2) is 5.82 Å². The lowest BCUT2D eigenvalue weighted by molar-refractivity contribution is 0.870. The number of aromatic nitrogens is 3. The van der Waals surface area contributed by atoms with E-state index in [-0.39, 0.29) is 5.28 Å². The summed E-state index contributed by atoms with van der Waals surface area (Å²) in [6.07, 6.45) is 6.19. The average molecular weight is 347 g/mol. The van der Waals surface area contributed by atoms with Gasteiger partial charge in [0, 0.05) is 4.88 Å². The molecule has 23 heavy (non-hydrogen) atoms. The van der Waals surface area contributed by atoms with Crippen LogP contribution in [0.5, 0.6) is 0 Å². The maximum absolute atomic E-state index is 6.14. The molecule has 0 aliphatic heterocycles. The van der Waals surface area contributed by atoms with Gasteiger partial charge in [-0.05, 0) is 54.1 Å². The Kier molecular flexibility index (Phi) is 4.98. The second-order valence-electron chi connectivity index (χ2n) is 5.26. The highest BCUT2D eigenvalue weighted by Crippen LogP contribution is 2.25. The molecule has 3 rings (SSSR count). The van der Waals surface area contributed by atoms with Gasteiger partial charge in [-0.3, -0.25) is 0 Å². The van der Waals surface area contributed by atoms with E-state index in [0.29, 0.717) is 0 Å². The summed E-state index contributed by atoms with van der Waals surface area (Å²) >= 11 is 7.86. The molecule has 0 spiro atoms. The minimum absolute atomic E-state index is 0.246. The maximum atomic E-state index is 6.14. The number of anilines is 1. The Hall–Kier alpha value is -1.85. The molecule has 0 unspecified atom stereocenters. The molecule has 1 N–H and O–H groups in total. The fourth-order valence-electron chi connectivity index (χ4n) is 2.62. The zero-order chi connectivity index (χ0) is 16.2. The molecule has 0 aromatic carbocycles. The summed E-state index contributed by atoms with van der Waals surface area (Å²) in [6, 6.07) is 6.31. The summed E-state index contributed by atoms with van der Waals surface area (Å²) in [4.78, 5) is 5.63. The molecule has 3 heterocycles. The number of aryl methyl sites for hydroxylation is 1. The Bertz CT molecular complexity index is 821. The van der Waals surface area contributed by atoms with Gasteiger partial charge in [0.25, 0.3) is 0 Å². The van der Waals surface area contributed by atoms with E-state index >= 15 is 0 Å². The minimum atomic E-state index is 0.246. The molecule has 0 saturated heterocycles. The van der Waals surface area contributed by atoms with E-state index in [1.54, 1.807) is 11.3 Å². The van der Waals surface area contributed by atoms with E-state index in [1.165, 1.54) is 10.4 Å². The van der Waals surface area contributed by atoms with E-state index in [1.807, 2.05) is 23.6 Å². The predicted octanol–water partition coefficient (Wildman–Crippen LogP) is 5.04. The number of hydrogen-bond acceptors (Lipinski definition) is 4. The van der Waals surface area contributed by atoms with Crippen molar-refractivity contribution in [3.8, 4) is 0 Å². The first-order chi connectivity index (χ1) is 11.2. The van der Waals surface area contributed by atoms with Gasteiger partial charge in [0.2, 0.25) is 5.28 Å². The summed E-state index contributed by atoms with van der Waals surface area (Å²) in [5.41, 5.74) is 3.30. The van der Waals surface area contributed by atoms with Gasteiger partial charge >= 0.3 is 0 Å². The van der Waals surface area contributed by atoms with Crippen molar-refractivity contribution in [2.75, 3.05) is 5.32 Å². The summed E-state index contributed by atoms with van der Waals surface area (Å²) in [5, 5.41) is 10.1. The lowest BCUT2D eigenvalue weighted by atomic mass is 10.1. The minimum Gasteiger partial charge on any atom is -0.363 e. The van der Waals surface area contributed by atoms with Gasteiger partial charge in [0.1, 0.15) is 5.52 Å². The summed E-state index contributed by atoms with van der Waals surface area (Å²) in [7, 11) is 0. The lowest BCUT2D eigenvalue weighted by Gasteiger charge is -2.07. The number of nitrogens with one attached hydrogen (secondary N) is 1. The first-order valence-corrected chi connectivity index (χ1v) is 8.95. The largest absolute Gasteiger partial charge is 0.363 e. The number of allylic oxidation sites excluding steroid dienone is 1. The highest BCUT2D eigenvalue weighted by atomic mass is 35.5. The Labute approximate surface area is 144 Å². The monoisotopic (exact) mass is 346 g/mol. The van der Waals surface area contributed by atoms with Crippen LogP contribution in [0.4, 0.5) is 5.82 Å². The number of fused-ring (bicyclic) bond motifs is 1. The number of nitrogens with zero attached hydrogens (tertiary/aromatic N) is 3. The number of thiophene rings is 1. The molecule has 0 atom stereocenters. The van der Waals surface area contributed by atoms with Crippen LogP contribution in [-0.4, -0.2) is 14.6 Å². The van der Waals surface area contributed by atoms with E-state index < -0.39 is 0 Å². The summed E-state index contributed by atoms with van der Waals surface area (Å²) in [5.74, 6) is 0.770. The van der Waals surface area contributed by atoms with Gasteiger partial charge in [-0.1, -0.05) is 25.5 Å². The normalized spacial score (nSPS) is 11.6. The van der Waals surface area contributed by atoms with Crippen LogP contribution in [-0.2, 0) is 13.0 Å². The molecule has 0 fully saturated rings. The van der Waals surface area contributed by atoms with Crippen molar-refractivity contribution in [3.63, 3.8) is 0 Å². The summed E-state index contributed by atoms with van der Waals surface area (Å²) in [6.45, 7) is 4.91. The summed E-state index contributed by atoms with van der Waals surface area (Å²) < 4.78 is 1.89. The standard InChI is InChI=1S/C17H19ClN4S/c1-3-6-12-10-15-16(19-11-13-8-5-9-23-13)20-17(18)21-22(15)14(12)7-4-2/h4-5,7-10H,3,6,11H2,1-2H3,(H,19,20,21)/b7-4+. The van der Waals surface area contributed by atoms with Crippen LogP contribution in [0.15, 0.2) is 29.7 Å². The van der Waals surface area contributed by atoms with Crippen molar-refractivity contribution in [2.45, 2.75) is 33.2 Å². The van der Waals surface area contributed by atoms with Crippen LogP contribution in [0.2, 0.25) is 5.28 Å². The molecule has 120 valence electrons. The maximum Gasteiger partial charge on any atom is 0.243 e. The number of hydrogen-bond donors (Lipinski definition) is 1. The topological polar surface area (TPSA) is 42.2 Å². The molecule has 3 aromatic heterocycles. The zero-order valence-electron chi connectivity index (χ0n) is 13.2. The van der Waals surface area contributed by atoms with Gasteiger partial charge in [-0.25, -0.2) is 4.52 Å². The predicted molar refractivity (Wildman–Crippen MR) is 98.3 cm³/mol. The molecule has 0 aliphatic carbocycles. The second kappa shape index (κ2) is 7.15. The Morgan fingerprint density at radius 2 is 2.30 bits per heavy atom. The molecule has 6 heteroatoms. The average Bonchev–Trinajstić information content (AvgIpc) is 3.15. The van der Waals surface area contributed by atoms with Crippen molar-refractivity contribution >= 4 is 40.3 Å². The SMILES string of the molecule is C/C=C/c1c(CCC)cc2c(NCc3cccs3)nc(Cl)nn12. The van der Waals surface area contributed by atoms with E-state index in [4.69, 9.17) is 11.6 Å². The molecule has 3 aromatic rings. The second-order valence-corrected chi connectivity index (χ2v) is 6.63. The Morgan fingerprint density at radius 1 is 1.43 bits per heavy atom. The lowest BCUT2D eigenvalue weighted by Crippen LogP contribution is -2.05. The van der Waals surface area contributed by atoms with Crippen molar-refractivity contribution in [1.29, 1.82) is 0 Å². The third-order valence-corrected chi connectivity index (χ3v) is 4.62. The van der Waals surface area contributed by atoms with E-state index in [2.05, 4.69) is 45.9 Å². The van der Waals surface area contributed by atoms with Gasteiger partial charge in [-0.15, -0.1) is 16.4 Å². The smallest absolute Gasteiger partial charge is 0.243 e. The van der Waals surface area contributed by atoms with Crippen molar-refractivity contribution in [3.05, 3.63) is 51.1 Å². The van der Waals surface area contributed by atoms with Gasteiger partial charge in [-0.2, -0.15) is 4.98 Å². The molecule has 0 saturated carbocycles. The highest BCUT2D eigenvalue weighted by molar-refractivity contribution is 7.09. The molecular weight excluding hydrogens is 328 g/mol. The fraction of sp³-hybridized carbons (Fsp3) is 0.294. The van der Waals surface area contributed by atoms with Crippen LogP contribution in [0, 0.1) is 0 Å². The third kappa shape index (κ3) is 3.41. The first-order valence-electron chi connectivity index (χ1n) is 7.70. The zero-order valence-corrected chi connectivity index (χ0v) is 14.8. The van der Waals surface area contributed by atoms with Crippen molar-refractivity contribution in [2.24, 2.45) is 0 Å². The molecule has 0 aliphatic rings.